The van der Waals surface area contributed by atoms with Gasteiger partial charge in [-0.2, -0.15) is 0 Å². The van der Waals surface area contributed by atoms with Gasteiger partial charge in [-0.1, -0.05) is 32.6 Å². The zero-order valence-corrected chi connectivity index (χ0v) is 10.4. The first kappa shape index (κ1) is 12.9. The van der Waals surface area contributed by atoms with Gasteiger partial charge in [0.1, 0.15) is 6.04 Å². The second-order valence-corrected chi connectivity index (χ2v) is 4.74. The minimum absolute atomic E-state index is 0.0942. The fraction of sp³-hybridized carbons (Fsp3) is 0.769. The van der Waals surface area contributed by atoms with Crippen LogP contribution >= 0.6 is 0 Å². The molecule has 2 N–H and O–H groups in total. The van der Waals surface area contributed by atoms with Crippen LogP contribution in [0.3, 0.4) is 0 Å². The zero-order valence-electron chi connectivity index (χ0n) is 10.4. The third-order valence-electron chi connectivity index (χ3n) is 3.00. The first-order valence-electron chi connectivity index (χ1n) is 6.19. The number of hydrogen-bond acceptors (Lipinski definition) is 1. The summed E-state index contributed by atoms with van der Waals surface area (Å²) >= 11 is 0. The third kappa shape index (κ3) is 3.77. The van der Waals surface area contributed by atoms with E-state index in [1.165, 1.54) is 25.7 Å². The van der Waals surface area contributed by atoms with Gasteiger partial charge in [0.05, 0.1) is 0 Å². The molecule has 90 valence electrons. The topological polar surface area (TPSA) is 41.6 Å². The Kier molecular flexibility index (Phi) is 5.18. The Labute approximate surface area is 99.1 Å². The molecule has 1 atom stereocenters. The van der Waals surface area contributed by atoms with E-state index in [2.05, 4.69) is 29.7 Å². The van der Waals surface area contributed by atoms with Gasteiger partial charge < -0.3 is 10.6 Å². The van der Waals surface area contributed by atoms with Crippen molar-refractivity contribution in [3.8, 4) is 12.3 Å². The summed E-state index contributed by atoms with van der Waals surface area (Å²) in [5, 5.41) is 0. The molecular weight excluding hydrogens is 198 g/mol. The van der Waals surface area contributed by atoms with Gasteiger partial charge in [0, 0.05) is 13.1 Å². The van der Waals surface area contributed by atoms with Crippen LogP contribution in [0.15, 0.2) is 4.99 Å². The maximum atomic E-state index is 6.01. The van der Waals surface area contributed by atoms with E-state index in [1.807, 2.05) is 0 Å². The number of nitrogens with zero attached hydrogens (tertiary/aromatic N) is 2. The predicted molar refractivity (Wildman–Crippen MR) is 69.1 cm³/mol. The number of guanidine groups is 1. The molecule has 0 aromatic heterocycles. The van der Waals surface area contributed by atoms with Crippen molar-refractivity contribution >= 4 is 5.96 Å². The Balaban J connectivity index is 2.63. The summed E-state index contributed by atoms with van der Waals surface area (Å²) in [5.74, 6) is 3.66. The van der Waals surface area contributed by atoms with Gasteiger partial charge in [-0.25, -0.2) is 4.99 Å². The summed E-state index contributed by atoms with van der Waals surface area (Å²) in [6, 6.07) is -0.0942. The first-order valence-corrected chi connectivity index (χ1v) is 6.19. The maximum Gasteiger partial charge on any atom is 0.192 e. The molecule has 0 saturated carbocycles. The minimum Gasteiger partial charge on any atom is -0.370 e. The quantitative estimate of drug-likeness (QED) is 0.439. The average Bonchev–Trinajstić information content (AvgIpc) is 2.53. The standard InChI is InChI=1S/C13H23N3/c1-4-12(11(2)3)15-13(14)16-9-7-5-6-8-10-16/h1,11-12H,5-10H2,2-3H3,(H2,14,15). The van der Waals surface area contributed by atoms with E-state index in [0.29, 0.717) is 11.9 Å². The number of rotatable bonds is 2. The Bertz CT molecular complexity index is 267. The van der Waals surface area contributed by atoms with Crippen molar-refractivity contribution in [2.75, 3.05) is 13.1 Å². The molecule has 0 aromatic rings. The Morgan fingerprint density at radius 1 is 1.25 bits per heavy atom. The second kappa shape index (κ2) is 6.42. The van der Waals surface area contributed by atoms with Crippen molar-refractivity contribution in [1.82, 2.24) is 4.90 Å². The summed E-state index contributed by atoms with van der Waals surface area (Å²) in [6.45, 7) is 6.18. The van der Waals surface area contributed by atoms with E-state index in [9.17, 15) is 0 Å². The lowest BCUT2D eigenvalue weighted by molar-refractivity contribution is 0.424. The fourth-order valence-corrected chi connectivity index (χ4v) is 1.90. The monoisotopic (exact) mass is 221 g/mol. The van der Waals surface area contributed by atoms with Gasteiger partial charge in [-0.15, -0.1) is 6.42 Å². The van der Waals surface area contributed by atoms with E-state index in [0.717, 1.165) is 13.1 Å². The Hall–Kier alpha value is -1.17. The first-order chi connectivity index (χ1) is 7.65. The van der Waals surface area contributed by atoms with Gasteiger partial charge in [0.2, 0.25) is 0 Å². The van der Waals surface area contributed by atoms with Gasteiger partial charge in [-0.3, -0.25) is 0 Å². The summed E-state index contributed by atoms with van der Waals surface area (Å²) in [4.78, 5) is 6.61. The van der Waals surface area contributed by atoms with Crippen molar-refractivity contribution in [2.45, 2.75) is 45.6 Å². The number of terminal acetylenes is 1. The molecule has 3 nitrogen and oxygen atoms in total. The van der Waals surface area contributed by atoms with Crippen LogP contribution in [0.5, 0.6) is 0 Å². The van der Waals surface area contributed by atoms with Crippen LogP contribution in [-0.4, -0.2) is 30.0 Å². The molecule has 1 aliphatic rings. The molecule has 0 aliphatic carbocycles. The van der Waals surface area contributed by atoms with Gasteiger partial charge >= 0.3 is 0 Å². The summed E-state index contributed by atoms with van der Waals surface area (Å²) in [5.41, 5.74) is 6.01. The third-order valence-corrected chi connectivity index (χ3v) is 3.00. The lowest BCUT2D eigenvalue weighted by Crippen LogP contribution is -2.39. The molecule has 1 heterocycles. The number of nitrogens with two attached hydrogens (primary N) is 1. The number of hydrogen-bond donors (Lipinski definition) is 1. The van der Waals surface area contributed by atoms with Crippen molar-refractivity contribution in [3.63, 3.8) is 0 Å². The SMILES string of the molecule is C#CC(N=C(N)N1CCCCCC1)C(C)C. The van der Waals surface area contributed by atoms with Crippen LogP contribution in [0.25, 0.3) is 0 Å². The highest BCUT2D eigenvalue weighted by molar-refractivity contribution is 5.78. The van der Waals surface area contributed by atoms with Crippen LogP contribution in [0, 0.1) is 18.3 Å². The molecular formula is C13H23N3. The molecule has 1 rings (SSSR count). The number of likely N-dealkylation sites (tertiary alicyclic amines) is 1. The van der Waals surface area contributed by atoms with Crippen LogP contribution in [0.4, 0.5) is 0 Å². The molecule has 1 saturated heterocycles. The molecule has 1 aliphatic heterocycles. The van der Waals surface area contributed by atoms with E-state index in [-0.39, 0.29) is 6.04 Å². The normalized spacial score (nSPS) is 20.4. The molecule has 0 spiro atoms. The maximum absolute atomic E-state index is 6.01. The molecule has 1 fully saturated rings. The smallest absolute Gasteiger partial charge is 0.192 e. The van der Waals surface area contributed by atoms with Crippen LogP contribution in [0.2, 0.25) is 0 Å². The summed E-state index contributed by atoms with van der Waals surface area (Å²) < 4.78 is 0. The van der Waals surface area contributed by atoms with Gasteiger partial charge in [0.15, 0.2) is 5.96 Å². The minimum atomic E-state index is -0.0942. The van der Waals surface area contributed by atoms with Crippen molar-refractivity contribution in [3.05, 3.63) is 0 Å². The lowest BCUT2D eigenvalue weighted by Gasteiger charge is -2.22. The lowest BCUT2D eigenvalue weighted by atomic mass is 10.1. The Morgan fingerprint density at radius 2 is 1.81 bits per heavy atom. The van der Waals surface area contributed by atoms with E-state index >= 15 is 0 Å². The van der Waals surface area contributed by atoms with E-state index in [4.69, 9.17) is 12.2 Å². The molecule has 0 amide bonds. The summed E-state index contributed by atoms with van der Waals surface area (Å²) in [6.07, 6.45) is 10.5. The summed E-state index contributed by atoms with van der Waals surface area (Å²) in [7, 11) is 0. The van der Waals surface area contributed by atoms with E-state index < -0.39 is 0 Å². The van der Waals surface area contributed by atoms with Gasteiger partial charge in [0.25, 0.3) is 0 Å². The Morgan fingerprint density at radius 3 is 2.25 bits per heavy atom. The van der Waals surface area contributed by atoms with Crippen LogP contribution in [0.1, 0.15) is 39.5 Å². The molecule has 1 unspecified atom stereocenters. The average molecular weight is 221 g/mol. The molecule has 0 radical (unpaired) electrons. The second-order valence-electron chi connectivity index (χ2n) is 4.74. The highest BCUT2D eigenvalue weighted by atomic mass is 15.3. The van der Waals surface area contributed by atoms with Crippen molar-refractivity contribution in [1.29, 1.82) is 0 Å². The predicted octanol–water partition coefficient (Wildman–Crippen LogP) is 1.83. The molecule has 0 aromatic carbocycles. The van der Waals surface area contributed by atoms with Crippen LogP contribution < -0.4 is 5.73 Å². The fourth-order valence-electron chi connectivity index (χ4n) is 1.90. The van der Waals surface area contributed by atoms with Gasteiger partial charge in [-0.05, 0) is 18.8 Å². The number of aliphatic imine (C=N–C) groups is 1. The highest BCUT2D eigenvalue weighted by Crippen LogP contribution is 2.11. The van der Waals surface area contributed by atoms with Crippen LogP contribution in [-0.2, 0) is 0 Å². The van der Waals surface area contributed by atoms with Crippen molar-refractivity contribution < 1.29 is 0 Å². The molecule has 16 heavy (non-hydrogen) atoms. The molecule has 0 bridgehead atoms. The zero-order chi connectivity index (χ0) is 12.0. The molecule has 3 heteroatoms. The highest BCUT2D eigenvalue weighted by Gasteiger charge is 2.14. The van der Waals surface area contributed by atoms with E-state index in [1.54, 1.807) is 0 Å². The largest absolute Gasteiger partial charge is 0.370 e. The van der Waals surface area contributed by atoms with Crippen molar-refractivity contribution in [2.24, 2.45) is 16.6 Å².